The van der Waals surface area contributed by atoms with Crippen molar-refractivity contribution in [2.45, 2.75) is 0 Å². The van der Waals surface area contributed by atoms with E-state index in [1.165, 1.54) is 0 Å². The van der Waals surface area contributed by atoms with E-state index in [0.29, 0.717) is 17.1 Å². The largest absolute Gasteiger partial charge is 0.351 e. The number of hydrogen-bond donors (Lipinski definition) is 2. The normalized spacial score (nSPS) is 10.1. The second-order valence-electron chi connectivity index (χ2n) is 2.98. The number of carbonyl (C=O) groups is 1. The predicted octanol–water partition coefficient (Wildman–Crippen LogP) is 1.89. The first-order chi connectivity index (χ1) is 7.15. The number of benzene rings is 1. The van der Waals surface area contributed by atoms with Crippen LogP contribution in [-0.2, 0) is 0 Å². The minimum atomic E-state index is -0.0860. The maximum atomic E-state index is 11.7. The lowest BCUT2D eigenvalue weighted by molar-refractivity contribution is 0.0953. The molecule has 0 atom stereocenters. The number of amides is 1. The highest BCUT2D eigenvalue weighted by molar-refractivity contribution is 14.1. The molecule has 0 aliphatic carbocycles. The van der Waals surface area contributed by atoms with Crippen LogP contribution in [0.25, 0.3) is 0 Å². The Balaban J connectivity index is 2.68. The number of likely N-dealkylation sites (N-methyl/N-ethyl adjacent to an activating group) is 1. The maximum absolute atomic E-state index is 11.7. The average molecular weight is 339 g/mol. The van der Waals surface area contributed by atoms with Gasteiger partial charge in [-0.2, -0.15) is 0 Å². The van der Waals surface area contributed by atoms with E-state index in [1.54, 1.807) is 12.1 Å². The van der Waals surface area contributed by atoms with Crippen LogP contribution in [0, 0.1) is 3.57 Å². The molecule has 1 rings (SSSR count). The fraction of sp³-hybridized carbons (Fsp3) is 0.300. The van der Waals surface area contributed by atoms with Crippen LogP contribution >= 0.6 is 34.2 Å². The molecule has 0 spiro atoms. The topological polar surface area (TPSA) is 41.1 Å². The Morgan fingerprint density at radius 3 is 2.87 bits per heavy atom. The summed E-state index contributed by atoms with van der Waals surface area (Å²) in [6.45, 7) is 1.36. The van der Waals surface area contributed by atoms with Crippen molar-refractivity contribution < 1.29 is 4.79 Å². The maximum Gasteiger partial charge on any atom is 0.252 e. The molecule has 0 saturated heterocycles. The molecule has 0 bridgehead atoms. The van der Waals surface area contributed by atoms with E-state index in [0.717, 1.165) is 10.1 Å². The Hall–Kier alpha value is -0.330. The first kappa shape index (κ1) is 12.7. The molecule has 2 N–H and O–H groups in total. The van der Waals surface area contributed by atoms with Gasteiger partial charge in [0, 0.05) is 21.7 Å². The number of hydrogen-bond acceptors (Lipinski definition) is 2. The minimum Gasteiger partial charge on any atom is -0.351 e. The van der Waals surface area contributed by atoms with Crippen molar-refractivity contribution in [1.29, 1.82) is 0 Å². The summed E-state index contributed by atoms with van der Waals surface area (Å²) in [6, 6.07) is 5.28. The SMILES string of the molecule is CNCCNC(=O)c1cc(Cl)ccc1I. The average Bonchev–Trinajstić information content (AvgIpc) is 2.22. The summed E-state index contributed by atoms with van der Waals surface area (Å²) in [5.74, 6) is -0.0860. The molecule has 0 saturated carbocycles. The van der Waals surface area contributed by atoms with Crippen LogP contribution in [0.4, 0.5) is 0 Å². The Morgan fingerprint density at radius 2 is 2.20 bits per heavy atom. The fourth-order valence-electron chi connectivity index (χ4n) is 1.07. The Bertz CT molecular complexity index is 357. The summed E-state index contributed by atoms with van der Waals surface area (Å²) in [6.07, 6.45) is 0. The van der Waals surface area contributed by atoms with Crippen LogP contribution in [-0.4, -0.2) is 26.0 Å². The summed E-state index contributed by atoms with van der Waals surface area (Å²) < 4.78 is 0.902. The van der Waals surface area contributed by atoms with Crippen molar-refractivity contribution in [3.8, 4) is 0 Å². The fourth-order valence-corrected chi connectivity index (χ4v) is 1.82. The highest BCUT2D eigenvalue weighted by Gasteiger charge is 2.09. The molecule has 0 heterocycles. The van der Waals surface area contributed by atoms with E-state index in [-0.39, 0.29) is 5.91 Å². The van der Waals surface area contributed by atoms with Crippen molar-refractivity contribution in [3.63, 3.8) is 0 Å². The van der Waals surface area contributed by atoms with E-state index in [9.17, 15) is 4.79 Å². The number of halogens is 2. The van der Waals surface area contributed by atoms with Gasteiger partial charge in [0.25, 0.3) is 5.91 Å². The molecule has 3 nitrogen and oxygen atoms in total. The number of nitrogens with one attached hydrogen (secondary N) is 2. The molecule has 0 aliphatic heterocycles. The number of rotatable bonds is 4. The second kappa shape index (κ2) is 6.30. The lowest BCUT2D eigenvalue weighted by atomic mass is 10.2. The van der Waals surface area contributed by atoms with Gasteiger partial charge in [-0.3, -0.25) is 4.79 Å². The lowest BCUT2D eigenvalue weighted by Gasteiger charge is -2.06. The third-order valence-corrected chi connectivity index (χ3v) is 3.01. The van der Waals surface area contributed by atoms with Gasteiger partial charge in [-0.1, -0.05) is 11.6 Å². The van der Waals surface area contributed by atoms with Gasteiger partial charge in [0.15, 0.2) is 0 Å². The van der Waals surface area contributed by atoms with Crippen molar-refractivity contribution in [2.75, 3.05) is 20.1 Å². The molecular weight excluding hydrogens is 326 g/mol. The lowest BCUT2D eigenvalue weighted by Crippen LogP contribution is -2.30. The summed E-state index contributed by atoms with van der Waals surface area (Å²) in [4.78, 5) is 11.7. The van der Waals surface area contributed by atoms with Crippen LogP contribution in [0.5, 0.6) is 0 Å². The molecule has 1 aromatic carbocycles. The Labute approximate surface area is 108 Å². The van der Waals surface area contributed by atoms with E-state index in [2.05, 4.69) is 33.2 Å². The predicted molar refractivity (Wildman–Crippen MR) is 70.4 cm³/mol. The third kappa shape index (κ3) is 3.96. The molecule has 0 unspecified atom stereocenters. The molecule has 1 amide bonds. The molecule has 1 aromatic rings. The van der Waals surface area contributed by atoms with Crippen molar-refractivity contribution in [1.82, 2.24) is 10.6 Å². The zero-order chi connectivity index (χ0) is 11.3. The highest BCUT2D eigenvalue weighted by atomic mass is 127. The zero-order valence-electron chi connectivity index (χ0n) is 8.31. The molecule has 0 fully saturated rings. The van der Waals surface area contributed by atoms with E-state index >= 15 is 0 Å². The summed E-state index contributed by atoms with van der Waals surface area (Å²) in [5.41, 5.74) is 0.624. The summed E-state index contributed by atoms with van der Waals surface area (Å²) in [5, 5.41) is 6.34. The quantitative estimate of drug-likeness (QED) is 0.650. The molecule has 82 valence electrons. The molecule has 0 aromatic heterocycles. The van der Waals surface area contributed by atoms with Crippen molar-refractivity contribution >= 4 is 40.1 Å². The van der Waals surface area contributed by atoms with Gasteiger partial charge in [0.2, 0.25) is 0 Å². The van der Waals surface area contributed by atoms with Crippen LogP contribution in [0.15, 0.2) is 18.2 Å². The summed E-state index contributed by atoms with van der Waals surface area (Å²) >= 11 is 7.94. The standard InChI is InChI=1S/C10H12ClIN2O/c1-13-4-5-14-10(15)8-6-7(11)2-3-9(8)12/h2-3,6,13H,4-5H2,1H3,(H,14,15). The first-order valence-corrected chi connectivity index (χ1v) is 5.98. The molecular formula is C10H12ClIN2O. The molecule has 0 aliphatic rings. The Morgan fingerprint density at radius 1 is 1.47 bits per heavy atom. The zero-order valence-corrected chi connectivity index (χ0v) is 11.2. The van der Waals surface area contributed by atoms with Crippen molar-refractivity contribution in [2.24, 2.45) is 0 Å². The second-order valence-corrected chi connectivity index (χ2v) is 4.58. The van der Waals surface area contributed by atoms with E-state index in [4.69, 9.17) is 11.6 Å². The van der Waals surface area contributed by atoms with Gasteiger partial charge in [-0.25, -0.2) is 0 Å². The van der Waals surface area contributed by atoms with Crippen molar-refractivity contribution in [3.05, 3.63) is 32.4 Å². The smallest absolute Gasteiger partial charge is 0.252 e. The monoisotopic (exact) mass is 338 g/mol. The van der Waals surface area contributed by atoms with E-state index in [1.807, 2.05) is 13.1 Å². The van der Waals surface area contributed by atoms with Gasteiger partial charge in [-0.05, 0) is 47.8 Å². The minimum absolute atomic E-state index is 0.0860. The molecule has 15 heavy (non-hydrogen) atoms. The van der Waals surface area contributed by atoms with Gasteiger partial charge < -0.3 is 10.6 Å². The highest BCUT2D eigenvalue weighted by Crippen LogP contribution is 2.17. The van der Waals surface area contributed by atoms with Crippen LogP contribution < -0.4 is 10.6 Å². The molecule has 5 heteroatoms. The van der Waals surface area contributed by atoms with E-state index < -0.39 is 0 Å². The van der Waals surface area contributed by atoms with Gasteiger partial charge in [0.1, 0.15) is 0 Å². The van der Waals surface area contributed by atoms with Crippen LogP contribution in [0.3, 0.4) is 0 Å². The van der Waals surface area contributed by atoms with Gasteiger partial charge >= 0.3 is 0 Å². The Kier molecular flexibility index (Phi) is 5.35. The van der Waals surface area contributed by atoms with Crippen LogP contribution in [0.1, 0.15) is 10.4 Å². The molecule has 0 radical (unpaired) electrons. The third-order valence-electron chi connectivity index (χ3n) is 1.83. The first-order valence-electron chi connectivity index (χ1n) is 4.53. The number of carbonyl (C=O) groups excluding carboxylic acids is 1. The van der Waals surface area contributed by atoms with Gasteiger partial charge in [0.05, 0.1) is 5.56 Å². The summed E-state index contributed by atoms with van der Waals surface area (Å²) in [7, 11) is 1.84. The van der Waals surface area contributed by atoms with Crippen LogP contribution in [0.2, 0.25) is 5.02 Å². The van der Waals surface area contributed by atoms with Gasteiger partial charge in [-0.15, -0.1) is 0 Å².